The Kier molecular flexibility index (Phi) is 11.2. The number of carboxylic acid groups (broad SMARTS) is 2. The molecule has 1 unspecified atom stereocenters. The maximum Gasteiger partial charge on any atom is 0.323 e. The van der Waals surface area contributed by atoms with Crippen LogP contribution in [0.5, 0.6) is 0 Å². The molecule has 0 saturated heterocycles. The first-order valence-electron chi connectivity index (χ1n) is 7.27. The summed E-state index contributed by atoms with van der Waals surface area (Å²) in [6.45, 7) is 1.96. The van der Waals surface area contributed by atoms with Crippen molar-refractivity contribution in [3.05, 3.63) is 0 Å². The fourth-order valence-corrected chi connectivity index (χ4v) is 1.51. The molecule has 0 aliphatic carbocycles. The van der Waals surface area contributed by atoms with Gasteiger partial charge in [-0.05, 0) is 0 Å². The molecular formula is C14H29N4O6+. The number of carbonyl (C=O) groups is 3. The Morgan fingerprint density at radius 3 is 1.96 bits per heavy atom. The fraction of sp³-hybridized carbons (Fsp3) is 0.714. The highest BCUT2D eigenvalue weighted by molar-refractivity contribution is 5.80. The van der Waals surface area contributed by atoms with Gasteiger partial charge in [0, 0.05) is 13.5 Å². The van der Waals surface area contributed by atoms with Gasteiger partial charge in [-0.2, -0.15) is 0 Å². The van der Waals surface area contributed by atoms with Crippen LogP contribution in [0.15, 0.2) is 0 Å². The molecule has 0 aliphatic heterocycles. The van der Waals surface area contributed by atoms with Gasteiger partial charge in [-0.3, -0.25) is 19.8 Å². The van der Waals surface area contributed by atoms with E-state index in [9.17, 15) is 14.4 Å². The van der Waals surface area contributed by atoms with Gasteiger partial charge in [0.2, 0.25) is 0 Å². The number of rotatable bonds is 8. The Hall–Kier alpha value is -2.36. The fourth-order valence-electron chi connectivity index (χ4n) is 1.51. The predicted molar refractivity (Wildman–Crippen MR) is 87.5 cm³/mol. The van der Waals surface area contributed by atoms with Gasteiger partial charge in [0.05, 0.1) is 27.6 Å². The first-order valence-corrected chi connectivity index (χ1v) is 7.27. The van der Waals surface area contributed by atoms with Crippen molar-refractivity contribution in [2.24, 2.45) is 5.73 Å². The van der Waals surface area contributed by atoms with Crippen molar-refractivity contribution >= 4 is 23.9 Å². The standard InChI is InChI=1S/C10H19NO4.C4H9N3O2/c1-5-10(14)15-8(6-9(12)13)7-11(2,3)4;1-7(4(5)6)2-3(8)9/h8H,5-7H2,1-4H3;2H2,1H3,(H3,5,6)(H,8,9)/p+1. The minimum absolute atomic E-state index is 0.138. The van der Waals surface area contributed by atoms with E-state index in [1.165, 1.54) is 7.05 Å². The average Bonchev–Trinajstić information content (AvgIpc) is 2.35. The van der Waals surface area contributed by atoms with Gasteiger partial charge in [0.15, 0.2) is 12.1 Å². The van der Waals surface area contributed by atoms with Crippen LogP contribution < -0.4 is 5.73 Å². The van der Waals surface area contributed by atoms with E-state index in [2.05, 4.69) is 0 Å². The van der Waals surface area contributed by atoms with E-state index in [1.54, 1.807) is 6.92 Å². The number of hydrogen-bond acceptors (Lipinski definition) is 5. The molecule has 0 rings (SSSR count). The van der Waals surface area contributed by atoms with Crippen LogP contribution in [-0.4, -0.2) is 90.8 Å². The van der Waals surface area contributed by atoms with E-state index >= 15 is 0 Å². The molecule has 0 spiro atoms. The molecule has 0 saturated carbocycles. The van der Waals surface area contributed by atoms with Crippen LogP contribution in [0.25, 0.3) is 0 Å². The van der Waals surface area contributed by atoms with E-state index in [0.29, 0.717) is 11.0 Å². The third-order valence-corrected chi connectivity index (χ3v) is 2.52. The molecule has 0 bridgehead atoms. The monoisotopic (exact) mass is 349 g/mol. The SMILES string of the molecule is CCC(=O)OC(CC(=O)O)C[N+](C)(C)C.CN(CC(=O)O)C(=N)N. The van der Waals surface area contributed by atoms with Crippen molar-refractivity contribution in [2.75, 3.05) is 41.3 Å². The van der Waals surface area contributed by atoms with Crippen molar-refractivity contribution < 1.29 is 33.8 Å². The number of esters is 1. The Balaban J connectivity index is 0. The molecule has 1 atom stereocenters. The van der Waals surface area contributed by atoms with Crippen molar-refractivity contribution in [1.29, 1.82) is 5.41 Å². The number of hydrogen-bond donors (Lipinski definition) is 4. The van der Waals surface area contributed by atoms with Crippen LogP contribution in [0.4, 0.5) is 0 Å². The molecule has 140 valence electrons. The number of nitrogens with one attached hydrogen (secondary N) is 1. The molecule has 0 aromatic heterocycles. The van der Waals surface area contributed by atoms with Crippen molar-refractivity contribution in [3.63, 3.8) is 0 Å². The minimum Gasteiger partial charge on any atom is -0.481 e. The topological polar surface area (TPSA) is 154 Å². The van der Waals surface area contributed by atoms with E-state index in [1.807, 2.05) is 21.1 Å². The molecule has 0 aromatic carbocycles. The van der Waals surface area contributed by atoms with Crippen LogP contribution in [0.2, 0.25) is 0 Å². The number of likely N-dealkylation sites (N-methyl/N-ethyl adjacent to an activating group) is 2. The molecule has 10 nitrogen and oxygen atoms in total. The largest absolute Gasteiger partial charge is 0.481 e. The van der Waals surface area contributed by atoms with Gasteiger partial charge < -0.3 is 30.1 Å². The smallest absolute Gasteiger partial charge is 0.323 e. The number of guanidine groups is 1. The first-order chi connectivity index (χ1) is 10.8. The molecule has 10 heteroatoms. The van der Waals surface area contributed by atoms with E-state index in [0.717, 1.165) is 4.90 Å². The lowest BCUT2D eigenvalue weighted by Crippen LogP contribution is -2.43. The molecule has 0 fully saturated rings. The van der Waals surface area contributed by atoms with Crippen LogP contribution >= 0.6 is 0 Å². The molecule has 0 aliphatic rings. The second kappa shape index (κ2) is 11.2. The van der Waals surface area contributed by atoms with Gasteiger partial charge in [-0.15, -0.1) is 0 Å². The number of carboxylic acids is 2. The molecule has 0 radical (unpaired) electrons. The summed E-state index contributed by atoms with van der Waals surface area (Å²) in [7, 11) is 7.22. The summed E-state index contributed by atoms with van der Waals surface area (Å²) >= 11 is 0. The number of ether oxygens (including phenoxy) is 1. The summed E-state index contributed by atoms with van der Waals surface area (Å²) in [5.41, 5.74) is 4.93. The second-order valence-corrected chi connectivity index (χ2v) is 6.17. The molecule has 0 amide bonds. The van der Waals surface area contributed by atoms with Crippen molar-refractivity contribution in [2.45, 2.75) is 25.9 Å². The summed E-state index contributed by atoms with van der Waals surface area (Å²) < 4.78 is 5.62. The maximum absolute atomic E-state index is 11.1. The number of aliphatic carboxylic acids is 2. The lowest BCUT2D eigenvalue weighted by molar-refractivity contribution is -0.873. The van der Waals surface area contributed by atoms with Crippen molar-refractivity contribution in [1.82, 2.24) is 4.90 Å². The first kappa shape index (κ1) is 23.9. The average molecular weight is 349 g/mol. The number of carbonyl (C=O) groups excluding carboxylic acids is 1. The Labute approximate surface area is 141 Å². The van der Waals surface area contributed by atoms with Gasteiger partial charge in [-0.1, -0.05) is 6.92 Å². The highest BCUT2D eigenvalue weighted by Gasteiger charge is 2.24. The Bertz CT molecular complexity index is 447. The third kappa shape index (κ3) is 16.0. The molecule has 24 heavy (non-hydrogen) atoms. The van der Waals surface area contributed by atoms with E-state index in [4.69, 9.17) is 26.1 Å². The summed E-state index contributed by atoms with van der Waals surface area (Å²) in [6, 6.07) is 0. The maximum atomic E-state index is 11.1. The van der Waals surface area contributed by atoms with E-state index in [-0.39, 0.29) is 31.3 Å². The number of nitrogens with zero attached hydrogens (tertiary/aromatic N) is 2. The second-order valence-electron chi connectivity index (χ2n) is 6.17. The molecule has 5 N–H and O–H groups in total. The third-order valence-electron chi connectivity index (χ3n) is 2.52. The lowest BCUT2D eigenvalue weighted by atomic mass is 10.2. The summed E-state index contributed by atoms with van der Waals surface area (Å²) in [5.74, 6) is -2.53. The van der Waals surface area contributed by atoms with E-state index < -0.39 is 18.0 Å². The van der Waals surface area contributed by atoms with Crippen LogP contribution in [0.1, 0.15) is 19.8 Å². The summed E-state index contributed by atoms with van der Waals surface area (Å²) in [4.78, 5) is 32.7. The van der Waals surface area contributed by atoms with Crippen LogP contribution in [-0.2, 0) is 19.1 Å². The van der Waals surface area contributed by atoms with Crippen LogP contribution in [0.3, 0.4) is 0 Å². The van der Waals surface area contributed by atoms with Gasteiger partial charge in [0.25, 0.3) is 0 Å². The minimum atomic E-state index is -0.993. The molecular weight excluding hydrogens is 320 g/mol. The lowest BCUT2D eigenvalue weighted by Gasteiger charge is -2.28. The van der Waals surface area contributed by atoms with Crippen molar-refractivity contribution in [3.8, 4) is 0 Å². The highest BCUT2D eigenvalue weighted by atomic mass is 16.5. The number of quaternary nitrogens is 1. The van der Waals surface area contributed by atoms with Gasteiger partial charge >= 0.3 is 17.9 Å². The van der Waals surface area contributed by atoms with Gasteiger partial charge in [-0.25, -0.2) is 0 Å². The zero-order valence-corrected chi connectivity index (χ0v) is 14.9. The Morgan fingerprint density at radius 2 is 1.71 bits per heavy atom. The van der Waals surface area contributed by atoms with Crippen LogP contribution in [0, 0.1) is 5.41 Å². The Morgan fingerprint density at radius 1 is 1.21 bits per heavy atom. The highest BCUT2D eigenvalue weighted by Crippen LogP contribution is 2.06. The molecule has 0 aromatic rings. The predicted octanol–water partition coefficient (Wildman–Crippen LogP) is -0.615. The number of nitrogens with two attached hydrogens (primary N) is 1. The summed E-state index contributed by atoms with van der Waals surface area (Å²) in [5, 5.41) is 23.5. The quantitative estimate of drug-likeness (QED) is 0.196. The zero-order valence-electron chi connectivity index (χ0n) is 14.9. The zero-order chi connectivity index (χ0) is 19.5. The normalized spacial score (nSPS) is 11.5. The molecule has 0 heterocycles. The summed E-state index contributed by atoms with van der Waals surface area (Å²) in [6.07, 6.45) is -0.413. The van der Waals surface area contributed by atoms with Gasteiger partial charge in [0.1, 0.15) is 13.1 Å².